The predicted octanol–water partition coefficient (Wildman–Crippen LogP) is 3.73. The molecule has 1 heterocycles. The minimum atomic E-state index is -0.0758. The molecule has 0 atom stereocenters. The number of para-hydroxylation sites is 1. The molecule has 1 amide bonds. The van der Waals surface area contributed by atoms with Gasteiger partial charge in [0.15, 0.2) is 0 Å². The van der Waals surface area contributed by atoms with Crippen LogP contribution in [-0.2, 0) is 11.3 Å². The number of nitrogens with zero attached hydrogens (tertiary/aromatic N) is 3. The fourth-order valence-corrected chi connectivity index (χ4v) is 2.86. The maximum absolute atomic E-state index is 12.4. The van der Waals surface area contributed by atoms with E-state index in [9.17, 15) is 4.79 Å². The average molecular weight is 364 g/mol. The van der Waals surface area contributed by atoms with Crippen LogP contribution >= 0.6 is 0 Å². The Labute approximate surface area is 159 Å². The molecule has 140 valence electrons. The maximum Gasteiger partial charge on any atom is 0.241 e. The Balaban J connectivity index is 1.58. The van der Waals surface area contributed by atoms with Crippen molar-refractivity contribution in [2.45, 2.75) is 27.3 Å². The number of hydrogen-bond acceptors (Lipinski definition) is 5. The molecular weight excluding hydrogens is 340 g/mol. The standard InChI is InChI=1S/C21H24N4O2/c1-14-8-10-17(11-9-14)21-23-19(27-24-21)13-25(4)12-18(26)22-20-15(2)6-5-7-16(20)3/h5-11H,12-13H2,1-4H3,(H,22,26). The van der Waals surface area contributed by atoms with Crippen molar-refractivity contribution in [3.63, 3.8) is 0 Å². The quantitative estimate of drug-likeness (QED) is 0.721. The first-order valence-corrected chi connectivity index (χ1v) is 8.86. The van der Waals surface area contributed by atoms with Crippen molar-refractivity contribution < 1.29 is 9.32 Å². The molecule has 0 aliphatic rings. The molecule has 1 N–H and O–H groups in total. The Kier molecular flexibility index (Phi) is 5.66. The van der Waals surface area contributed by atoms with Gasteiger partial charge in [0, 0.05) is 11.3 Å². The number of aromatic nitrogens is 2. The van der Waals surface area contributed by atoms with E-state index in [-0.39, 0.29) is 12.5 Å². The van der Waals surface area contributed by atoms with Gasteiger partial charge in [-0.25, -0.2) is 0 Å². The van der Waals surface area contributed by atoms with E-state index >= 15 is 0 Å². The number of carbonyl (C=O) groups is 1. The van der Waals surface area contributed by atoms with Crippen molar-refractivity contribution >= 4 is 11.6 Å². The first-order valence-electron chi connectivity index (χ1n) is 8.86. The van der Waals surface area contributed by atoms with Crippen LogP contribution < -0.4 is 5.32 Å². The molecule has 3 rings (SSSR count). The fraction of sp³-hybridized carbons (Fsp3) is 0.286. The molecule has 0 unspecified atom stereocenters. The number of hydrogen-bond donors (Lipinski definition) is 1. The number of anilines is 1. The number of benzene rings is 2. The molecule has 1 aromatic heterocycles. The smallest absolute Gasteiger partial charge is 0.241 e. The average Bonchev–Trinajstić information content (AvgIpc) is 3.07. The van der Waals surface area contributed by atoms with Gasteiger partial charge < -0.3 is 9.84 Å². The first kappa shape index (κ1) is 18.8. The van der Waals surface area contributed by atoms with Gasteiger partial charge in [-0.1, -0.05) is 53.2 Å². The highest BCUT2D eigenvalue weighted by Crippen LogP contribution is 2.19. The number of aryl methyl sites for hydroxylation is 3. The summed E-state index contributed by atoms with van der Waals surface area (Å²) in [6.07, 6.45) is 0. The Morgan fingerprint density at radius 1 is 1.07 bits per heavy atom. The third-order valence-corrected chi connectivity index (χ3v) is 4.34. The van der Waals surface area contributed by atoms with Gasteiger partial charge in [-0.3, -0.25) is 9.69 Å². The van der Waals surface area contributed by atoms with E-state index < -0.39 is 0 Å². The van der Waals surface area contributed by atoms with E-state index in [0.717, 1.165) is 22.4 Å². The molecule has 0 bridgehead atoms. The van der Waals surface area contributed by atoms with E-state index in [1.54, 1.807) is 0 Å². The molecule has 0 saturated carbocycles. The predicted molar refractivity (Wildman–Crippen MR) is 105 cm³/mol. The topological polar surface area (TPSA) is 71.3 Å². The van der Waals surface area contributed by atoms with Crippen molar-refractivity contribution in [1.82, 2.24) is 15.0 Å². The molecule has 3 aromatic rings. The summed E-state index contributed by atoms with van der Waals surface area (Å²) in [5, 5.41) is 7.01. The van der Waals surface area contributed by atoms with Crippen LogP contribution in [-0.4, -0.2) is 34.5 Å². The molecule has 0 spiro atoms. The van der Waals surface area contributed by atoms with Crippen LogP contribution in [0.4, 0.5) is 5.69 Å². The monoisotopic (exact) mass is 364 g/mol. The molecule has 2 aromatic carbocycles. The molecule has 0 saturated heterocycles. The zero-order valence-electron chi connectivity index (χ0n) is 16.1. The lowest BCUT2D eigenvalue weighted by Gasteiger charge is -2.16. The van der Waals surface area contributed by atoms with E-state index in [4.69, 9.17) is 4.52 Å². The van der Waals surface area contributed by atoms with Crippen LogP contribution in [0, 0.1) is 20.8 Å². The molecule has 0 fully saturated rings. The van der Waals surface area contributed by atoms with Crippen molar-refractivity contribution in [2.24, 2.45) is 0 Å². The highest BCUT2D eigenvalue weighted by Gasteiger charge is 2.14. The van der Waals surface area contributed by atoms with Gasteiger partial charge >= 0.3 is 0 Å². The number of amides is 1. The molecule has 6 heteroatoms. The number of nitrogens with one attached hydrogen (secondary N) is 1. The van der Waals surface area contributed by atoms with Crippen molar-refractivity contribution in [2.75, 3.05) is 18.9 Å². The number of rotatable bonds is 6. The third-order valence-electron chi connectivity index (χ3n) is 4.34. The van der Waals surface area contributed by atoms with E-state index in [1.807, 2.05) is 75.2 Å². The van der Waals surface area contributed by atoms with Gasteiger partial charge in [-0.05, 0) is 38.9 Å². The van der Waals surface area contributed by atoms with E-state index in [0.29, 0.717) is 18.3 Å². The second kappa shape index (κ2) is 8.14. The Morgan fingerprint density at radius 2 is 1.74 bits per heavy atom. The highest BCUT2D eigenvalue weighted by molar-refractivity contribution is 5.93. The van der Waals surface area contributed by atoms with Crippen LogP contribution in [0.25, 0.3) is 11.4 Å². The SMILES string of the molecule is Cc1ccc(-c2noc(CN(C)CC(=O)Nc3c(C)cccc3C)n2)cc1. The zero-order chi connectivity index (χ0) is 19.4. The van der Waals surface area contributed by atoms with Gasteiger partial charge in [0.2, 0.25) is 17.6 Å². The Bertz CT molecular complexity index is 911. The zero-order valence-corrected chi connectivity index (χ0v) is 16.1. The summed E-state index contributed by atoms with van der Waals surface area (Å²) in [5.41, 5.74) is 5.05. The van der Waals surface area contributed by atoms with Crippen molar-refractivity contribution in [3.8, 4) is 11.4 Å². The molecule has 6 nitrogen and oxygen atoms in total. The fourth-order valence-electron chi connectivity index (χ4n) is 2.86. The Hall–Kier alpha value is -2.99. The number of carbonyl (C=O) groups excluding carboxylic acids is 1. The highest BCUT2D eigenvalue weighted by atomic mass is 16.5. The summed E-state index contributed by atoms with van der Waals surface area (Å²) >= 11 is 0. The van der Waals surface area contributed by atoms with Crippen LogP contribution in [0.15, 0.2) is 47.0 Å². The van der Waals surface area contributed by atoms with Crippen LogP contribution in [0.2, 0.25) is 0 Å². The summed E-state index contributed by atoms with van der Waals surface area (Å²) in [6, 6.07) is 13.9. The minimum absolute atomic E-state index is 0.0758. The van der Waals surface area contributed by atoms with Crippen LogP contribution in [0.3, 0.4) is 0 Å². The lowest BCUT2D eigenvalue weighted by Crippen LogP contribution is -2.30. The van der Waals surface area contributed by atoms with Crippen LogP contribution in [0.1, 0.15) is 22.6 Å². The molecular formula is C21H24N4O2. The van der Waals surface area contributed by atoms with Crippen LogP contribution in [0.5, 0.6) is 0 Å². The third kappa shape index (κ3) is 4.80. The summed E-state index contributed by atoms with van der Waals surface area (Å²) in [5.74, 6) is 0.958. The van der Waals surface area contributed by atoms with Crippen molar-refractivity contribution in [1.29, 1.82) is 0 Å². The van der Waals surface area contributed by atoms with E-state index in [1.165, 1.54) is 5.56 Å². The second-order valence-corrected chi connectivity index (χ2v) is 6.87. The molecule has 0 radical (unpaired) electrons. The summed E-state index contributed by atoms with van der Waals surface area (Å²) in [6.45, 7) is 6.63. The summed E-state index contributed by atoms with van der Waals surface area (Å²) < 4.78 is 5.32. The van der Waals surface area contributed by atoms with Gasteiger partial charge in [-0.15, -0.1) is 0 Å². The lowest BCUT2D eigenvalue weighted by molar-refractivity contribution is -0.117. The maximum atomic E-state index is 12.4. The summed E-state index contributed by atoms with van der Waals surface area (Å²) in [7, 11) is 1.85. The minimum Gasteiger partial charge on any atom is -0.338 e. The van der Waals surface area contributed by atoms with Gasteiger partial charge in [0.25, 0.3) is 0 Å². The van der Waals surface area contributed by atoms with Gasteiger partial charge in [0.1, 0.15) is 0 Å². The largest absolute Gasteiger partial charge is 0.338 e. The normalized spacial score (nSPS) is 11.0. The van der Waals surface area contributed by atoms with Gasteiger partial charge in [0.05, 0.1) is 13.1 Å². The number of likely N-dealkylation sites (N-methyl/N-ethyl adjacent to an activating group) is 1. The van der Waals surface area contributed by atoms with Crippen molar-refractivity contribution in [3.05, 3.63) is 65.0 Å². The van der Waals surface area contributed by atoms with E-state index in [2.05, 4.69) is 15.5 Å². The molecule has 0 aliphatic carbocycles. The molecule has 27 heavy (non-hydrogen) atoms. The molecule has 0 aliphatic heterocycles. The van der Waals surface area contributed by atoms with Gasteiger partial charge in [-0.2, -0.15) is 4.98 Å². The first-order chi connectivity index (χ1) is 12.9. The summed E-state index contributed by atoms with van der Waals surface area (Å²) in [4.78, 5) is 18.6. The lowest BCUT2D eigenvalue weighted by atomic mass is 10.1. The second-order valence-electron chi connectivity index (χ2n) is 6.87. The Morgan fingerprint density at radius 3 is 2.41 bits per heavy atom.